The van der Waals surface area contributed by atoms with Crippen LogP contribution >= 0.6 is 11.6 Å². The van der Waals surface area contributed by atoms with Crippen LogP contribution in [0.2, 0.25) is 5.02 Å². The van der Waals surface area contributed by atoms with E-state index in [2.05, 4.69) is 11.1 Å². The second kappa shape index (κ2) is 5.29. The molecule has 0 aliphatic rings. The van der Waals surface area contributed by atoms with Gasteiger partial charge in [-0.3, -0.25) is 0 Å². The SMILES string of the molecule is Cc1cc(C)c(C#N)c(Oc2ccc(Cl)c(C)c2)n1. The lowest BCUT2D eigenvalue weighted by Gasteiger charge is -2.10. The molecule has 0 unspecified atom stereocenters. The Morgan fingerprint density at radius 2 is 1.89 bits per heavy atom. The van der Waals surface area contributed by atoms with E-state index in [-0.39, 0.29) is 0 Å². The van der Waals surface area contributed by atoms with Crippen molar-refractivity contribution >= 4 is 11.6 Å². The lowest BCUT2D eigenvalue weighted by molar-refractivity contribution is 0.459. The smallest absolute Gasteiger partial charge is 0.237 e. The lowest BCUT2D eigenvalue weighted by Crippen LogP contribution is -1.97. The van der Waals surface area contributed by atoms with Crippen molar-refractivity contribution in [2.75, 3.05) is 0 Å². The molecule has 0 amide bonds. The fourth-order valence-electron chi connectivity index (χ4n) is 1.80. The van der Waals surface area contributed by atoms with E-state index in [0.717, 1.165) is 16.8 Å². The second-order valence-corrected chi connectivity index (χ2v) is 4.79. The van der Waals surface area contributed by atoms with E-state index in [0.29, 0.717) is 22.2 Å². The first-order valence-electron chi connectivity index (χ1n) is 5.83. The van der Waals surface area contributed by atoms with E-state index in [1.165, 1.54) is 0 Å². The summed E-state index contributed by atoms with van der Waals surface area (Å²) in [6.07, 6.45) is 0. The molecular weight excluding hydrogens is 260 g/mol. The molecule has 1 aromatic heterocycles. The summed E-state index contributed by atoms with van der Waals surface area (Å²) in [7, 11) is 0. The van der Waals surface area contributed by atoms with E-state index in [1.54, 1.807) is 12.1 Å². The molecule has 2 aromatic rings. The standard InChI is InChI=1S/C15H13ClN2O/c1-9-6-11(3)18-15(13(9)8-17)19-12-4-5-14(16)10(2)7-12/h4-7H,1-3H3. The fraction of sp³-hybridized carbons (Fsp3) is 0.200. The van der Waals surface area contributed by atoms with Crippen LogP contribution in [0, 0.1) is 32.1 Å². The van der Waals surface area contributed by atoms with Crippen LogP contribution in [0.1, 0.15) is 22.4 Å². The van der Waals surface area contributed by atoms with Gasteiger partial charge in [0.05, 0.1) is 0 Å². The Morgan fingerprint density at radius 3 is 2.53 bits per heavy atom. The maximum atomic E-state index is 9.18. The minimum absolute atomic E-state index is 0.335. The zero-order chi connectivity index (χ0) is 14.0. The average molecular weight is 273 g/mol. The summed E-state index contributed by atoms with van der Waals surface area (Å²) in [4.78, 5) is 4.27. The first kappa shape index (κ1) is 13.4. The van der Waals surface area contributed by atoms with Crippen LogP contribution in [0.5, 0.6) is 11.6 Å². The summed E-state index contributed by atoms with van der Waals surface area (Å²) < 4.78 is 5.71. The van der Waals surface area contributed by atoms with Gasteiger partial charge in [0, 0.05) is 10.7 Å². The number of aromatic nitrogens is 1. The molecule has 96 valence electrons. The van der Waals surface area contributed by atoms with E-state index in [9.17, 15) is 5.26 Å². The number of rotatable bonds is 2. The third kappa shape index (κ3) is 2.86. The highest BCUT2D eigenvalue weighted by Gasteiger charge is 2.11. The van der Waals surface area contributed by atoms with Gasteiger partial charge in [0.1, 0.15) is 17.4 Å². The predicted octanol–water partition coefficient (Wildman–Crippen LogP) is 4.32. The summed E-state index contributed by atoms with van der Waals surface area (Å²) in [5.74, 6) is 0.956. The predicted molar refractivity (Wildman–Crippen MR) is 74.7 cm³/mol. The Balaban J connectivity index is 2.43. The third-order valence-electron chi connectivity index (χ3n) is 2.77. The normalized spacial score (nSPS) is 10.1. The van der Waals surface area contributed by atoms with Crippen molar-refractivity contribution in [3.05, 3.63) is 51.7 Å². The molecular formula is C15H13ClN2O. The van der Waals surface area contributed by atoms with Gasteiger partial charge in [-0.25, -0.2) is 4.98 Å². The number of halogens is 1. The van der Waals surface area contributed by atoms with E-state index in [4.69, 9.17) is 16.3 Å². The zero-order valence-corrected chi connectivity index (χ0v) is 11.7. The molecule has 0 bridgehead atoms. The van der Waals surface area contributed by atoms with Crippen molar-refractivity contribution in [1.82, 2.24) is 4.98 Å². The number of nitriles is 1. The van der Waals surface area contributed by atoms with Crippen LogP contribution < -0.4 is 4.74 Å². The van der Waals surface area contributed by atoms with E-state index >= 15 is 0 Å². The van der Waals surface area contributed by atoms with E-state index in [1.807, 2.05) is 32.9 Å². The molecule has 0 N–H and O–H groups in total. The molecule has 4 heteroatoms. The minimum Gasteiger partial charge on any atom is -0.438 e. The summed E-state index contributed by atoms with van der Waals surface area (Å²) in [6, 6.07) is 9.33. The van der Waals surface area contributed by atoms with Crippen molar-refractivity contribution < 1.29 is 4.74 Å². The number of ether oxygens (including phenoxy) is 1. The molecule has 19 heavy (non-hydrogen) atoms. The monoisotopic (exact) mass is 272 g/mol. The van der Waals surface area contributed by atoms with Crippen molar-refractivity contribution in [1.29, 1.82) is 5.26 Å². The van der Waals surface area contributed by atoms with Crippen molar-refractivity contribution in [3.63, 3.8) is 0 Å². The Morgan fingerprint density at radius 1 is 1.16 bits per heavy atom. The Kier molecular flexibility index (Phi) is 3.73. The topological polar surface area (TPSA) is 45.9 Å². The van der Waals surface area contributed by atoms with E-state index < -0.39 is 0 Å². The van der Waals surface area contributed by atoms with Gasteiger partial charge in [-0.15, -0.1) is 0 Å². The van der Waals surface area contributed by atoms with Crippen molar-refractivity contribution in [3.8, 4) is 17.7 Å². The van der Waals surface area contributed by atoms with Gasteiger partial charge >= 0.3 is 0 Å². The summed E-state index contributed by atoms with van der Waals surface area (Å²) in [6.45, 7) is 5.64. The molecule has 0 aliphatic heterocycles. The first-order chi connectivity index (χ1) is 9.01. The molecule has 0 saturated carbocycles. The molecule has 1 aromatic carbocycles. The Bertz CT molecular complexity index is 675. The number of benzene rings is 1. The highest BCUT2D eigenvalue weighted by atomic mass is 35.5. The van der Waals surface area contributed by atoms with Crippen molar-refractivity contribution in [2.24, 2.45) is 0 Å². The molecule has 0 aliphatic carbocycles. The van der Waals surface area contributed by atoms with Crippen molar-refractivity contribution in [2.45, 2.75) is 20.8 Å². The second-order valence-electron chi connectivity index (χ2n) is 4.39. The van der Waals surface area contributed by atoms with Gasteiger partial charge in [-0.05, 0) is 56.2 Å². The molecule has 0 atom stereocenters. The summed E-state index contributed by atoms with van der Waals surface area (Å²) in [5, 5.41) is 9.86. The lowest BCUT2D eigenvalue weighted by atomic mass is 10.1. The molecule has 0 fully saturated rings. The Hall–Kier alpha value is -2.05. The van der Waals surface area contributed by atoms with Crippen LogP contribution in [0.4, 0.5) is 0 Å². The molecule has 2 rings (SSSR count). The van der Waals surface area contributed by atoms with Crippen LogP contribution in [-0.2, 0) is 0 Å². The van der Waals surface area contributed by atoms with Gasteiger partial charge in [-0.1, -0.05) is 11.6 Å². The molecule has 0 saturated heterocycles. The minimum atomic E-state index is 0.335. The number of aryl methyl sites for hydroxylation is 3. The zero-order valence-electron chi connectivity index (χ0n) is 11.0. The summed E-state index contributed by atoms with van der Waals surface area (Å²) >= 11 is 5.97. The van der Waals surface area contributed by atoms with Crippen LogP contribution in [0.25, 0.3) is 0 Å². The molecule has 3 nitrogen and oxygen atoms in total. The van der Waals surface area contributed by atoms with Crippen LogP contribution in [0.15, 0.2) is 24.3 Å². The number of nitrogens with zero attached hydrogens (tertiary/aromatic N) is 2. The highest BCUT2D eigenvalue weighted by Crippen LogP contribution is 2.28. The maximum absolute atomic E-state index is 9.18. The third-order valence-corrected chi connectivity index (χ3v) is 3.19. The van der Waals surface area contributed by atoms with Gasteiger partial charge in [0.25, 0.3) is 0 Å². The van der Waals surface area contributed by atoms with Crippen LogP contribution in [-0.4, -0.2) is 4.98 Å². The number of pyridine rings is 1. The fourth-order valence-corrected chi connectivity index (χ4v) is 1.92. The van der Waals surface area contributed by atoms with Gasteiger partial charge in [-0.2, -0.15) is 5.26 Å². The average Bonchev–Trinajstić information content (AvgIpc) is 2.33. The first-order valence-corrected chi connectivity index (χ1v) is 6.21. The largest absolute Gasteiger partial charge is 0.438 e. The Labute approximate surface area is 117 Å². The van der Waals surface area contributed by atoms with Gasteiger partial charge < -0.3 is 4.74 Å². The van der Waals surface area contributed by atoms with Gasteiger partial charge in [0.2, 0.25) is 5.88 Å². The summed E-state index contributed by atoms with van der Waals surface area (Å²) in [5.41, 5.74) is 3.05. The molecule has 0 spiro atoms. The highest BCUT2D eigenvalue weighted by molar-refractivity contribution is 6.31. The molecule has 0 radical (unpaired) electrons. The molecule has 1 heterocycles. The quantitative estimate of drug-likeness (QED) is 0.818. The number of hydrogen-bond acceptors (Lipinski definition) is 3. The van der Waals surface area contributed by atoms with Gasteiger partial charge in [0.15, 0.2) is 0 Å². The van der Waals surface area contributed by atoms with Crippen LogP contribution in [0.3, 0.4) is 0 Å². The number of hydrogen-bond donors (Lipinski definition) is 0. The maximum Gasteiger partial charge on any atom is 0.237 e.